The second kappa shape index (κ2) is 9.84. The SMILES string of the molecule is CC(C)Cn1nc(C(=O)N2CCC(C(=O)N3CCCCCC3)CC2)c2ccccc2c1=O. The Kier molecular flexibility index (Phi) is 6.92. The van der Waals surface area contributed by atoms with E-state index in [1.165, 1.54) is 17.5 Å². The lowest BCUT2D eigenvalue weighted by atomic mass is 9.94. The molecule has 2 fully saturated rings. The fourth-order valence-electron chi connectivity index (χ4n) is 4.89. The van der Waals surface area contributed by atoms with Gasteiger partial charge in [0.25, 0.3) is 11.5 Å². The summed E-state index contributed by atoms with van der Waals surface area (Å²) >= 11 is 0. The number of aromatic nitrogens is 2. The van der Waals surface area contributed by atoms with Crippen LogP contribution in [0.5, 0.6) is 0 Å². The highest BCUT2D eigenvalue weighted by Gasteiger charge is 2.32. The number of rotatable bonds is 4. The third kappa shape index (κ3) is 4.71. The van der Waals surface area contributed by atoms with Gasteiger partial charge in [-0.05, 0) is 37.7 Å². The van der Waals surface area contributed by atoms with Gasteiger partial charge in [0.15, 0.2) is 5.69 Å². The Bertz CT molecular complexity index is 1030. The highest BCUT2D eigenvalue weighted by Crippen LogP contribution is 2.24. The first-order valence-electron chi connectivity index (χ1n) is 12.0. The number of benzene rings is 1. The molecule has 2 aromatic rings. The Balaban J connectivity index is 1.51. The van der Waals surface area contributed by atoms with E-state index in [0.717, 1.165) is 25.9 Å². The molecule has 1 aromatic heterocycles. The van der Waals surface area contributed by atoms with Crippen LogP contribution in [-0.4, -0.2) is 57.6 Å². The largest absolute Gasteiger partial charge is 0.342 e. The lowest BCUT2D eigenvalue weighted by Crippen LogP contribution is -2.45. The van der Waals surface area contributed by atoms with Crippen molar-refractivity contribution in [2.45, 2.75) is 58.9 Å². The van der Waals surface area contributed by atoms with Gasteiger partial charge >= 0.3 is 0 Å². The van der Waals surface area contributed by atoms with Crippen molar-refractivity contribution in [2.75, 3.05) is 26.2 Å². The average Bonchev–Trinajstić information content (AvgIpc) is 3.09. The number of hydrogen-bond donors (Lipinski definition) is 0. The minimum atomic E-state index is -0.160. The van der Waals surface area contributed by atoms with E-state index in [2.05, 4.69) is 5.10 Å². The van der Waals surface area contributed by atoms with E-state index in [4.69, 9.17) is 0 Å². The van der Waals surface area contributed by atoms with Crippen LogP contribution in [0.1, 0.15) is 62.9 Å². The first kappa shape index (κ1) is 22.5. The highest BCUT2D eigenvalue weighted by atomic mass is 16.2. The van der Waals surface area contributed by atoms with Crippen LogP contribution in [0.4, 0.5) is 0 Å². The van der Waals surface area contributed by atoms with Gasteiger partial charge < -0.3 is 9.80 Å². The second-order valence-corrected chi connectivity index (χ2v) is 9.58. The zero-order valence-corrected chi connectivity index (χ0v) is 19.3. The van der Waals surface area contributed by atoms with Gasteiger partial charge in [0.05, 0.1) is 5.39 Å². The summed E-state index contributed by atoms with van der Waals surface area (Å²) in [6.45, 7) is 7.34. The van der Waals surface area contributed by atoms with Gasteiger partial charge in [0, 0.05) is 44.0 Å². The summed E-state index contributed by atoms with van der Waals surface area (Å²) in [6.07, 6.45) is 5.96. The molecule has 0 radical (unpaired) electrons. The summed E-state index contributed by atoms with van der Waals surface area (Å²) < 4.78 is 1.43. The summed E-state index contributed by atoms with van der Waals surface area (Å²) in [5.74, 6) is 0.342. The molecule has 2 saturated heterocycles. The lowest BCUT2D eigenvalue weighted by Gasteiger charge is -2.34. The smallest absolute Gasteiger partial charge is 0.274 e. The maximum atomic E-state index is 13.4. The van der Waals surface area contributed by atoms with E-state index in [1.54, 1.807) is 17.0 Å². The van der Waals surface area contributed by atoms with Crippen LogP contribution in [0.15, 0.2) is 29.1 Å². The number of carbonyl (C=O) groups is 2. The summed E-state index contributed by atoms with van der Waals surface area (Å²) in [7, 11) is 0. The van der Waals surface area contributed by atoms with Crippen molar-refractivity contribution in [3.8, 4) is 0 Å². The number of likely N-dealkylation sites (tertiary alicyclic amines) is 2. The van der Waals surface area contributed by atoms with E-state index in [-0.39, 0.29) is 29.2 Å². The number of amides is 2. The summed E-state index contributed by atoms with van der Waals surface area (Å²) in [6, 6.07) is 7.21. The van der Waals surface area contributed by atoms with Crippen LogP contribution in [0.3, 0.4) is 0 Å². The van der Waals surface area contributed by atoms with E-state index in [0.29, 0.717) is 48.9 Å². The molecule has 0 atom stereocenters. The molecule has 0 N–H and O–H groups in total. The molecule has 2 aliphatic heterocycles. The zero-order valence-electron chi connectivity index (χ0n) is 19.3. The highest BCUT2D eigenvalue weighted by molar-refractivity contribution is 6.04. The average molecular weight is 439 g/mol. The topological polar surface area (TPSA) is 75.5 Å². The van der Waals surface area contributed by atoms with Crippen LogP contribution in [0, 0.1) is 11.8 Å². The van der Waals surface area contributed by atoms with Crippen molar-refractivity contribution in [1.82, 2.24) is 19.6 Å². The number of hydrogen-bond acceptors (Lipinski definition) is 4. The monoisotopic (exact) mass is 438 g/mol. The van der Waals surface area contributed by atoms with E-state index < -0.39 is 0 Å². The Morgan fingerprint density at radius 1 is 0.938 bits per heavy atom. The van der Waals surface area contributed by atoms with Crippen molar-refractivity contribution < 1.29 is 9.59 Å². The number of fused-ring (bicyclic) bond motifs is 1. The predicted molar refractivity (Wildman–Crippen MR) is 125 cm³/mol. The van der Waals surface area contributed by atoms with Crippen LogP contribution in [0.2, 0.25) is 0 Å². The summed E-state index contributed by atoms with van der Waals surface area (Å²) in [4.78, 5) is 43.1. The van der Waals surface area contributed by atoms with E-state index in [9.17, 15) is 14.4 Å². The second-order valence-electron chi connectivity index (χ2n) is 9.58. The molecule has 2 aliphatic rings. The zero-order chi connectivity index (χ0) is 22.7. The Hall–Kier alpha value is -2.70. The molecule has 4 rings (SSSR count). The number of carbonyl (C=O) groups excluding carboxylic acids is 2. The molecule has 32 heavy (non-hydrogen) atoms. The van der Waals surface area contributed by atoms with Gasteiger partial charge in [-0.1, -0.05) is 44.9 Å². The van der Waals surface area contributed by atoms with Crippen molar-refractivity contribution in [3.63, 3.8) is 0 Å². The molecule has 3 heterocycles. The molecule has 0 aliphatic carbocycles. The molecule has 0 spiro atoms. The van der Waals surface area contributed by atoms with Crippen molar-refractivity contribution in [2.24, 2.45) is 11.8 Å². The fraction of sp³-hybridized carbons (Fsp3) is 0.600. The van der Waals surface area contributed by atoms with Crippen LogP contribution in [0.25, 0.3) is 10.8 Å². The predicted octanol–water partition coefficient (Wildman–Crippen LogP) is 3.31. The van der Waals surface area contributed by atoms with Gasteiger partial charge in [0.2, 0.25) is 5.91 Å². The summed E-state index contributed by atoms with van der Waals surface area (Å²) in [5, 5.41) is 5.62. The molecule has 0 unspecified atom stereocenters. The maximum Gasteiger partial charge on any atom is 0.274 e. The minimum Gasteiger partial charge on any atom is -0.342 e. The quantitative estimate of drug-likeness (QED) is 0.734. The van der Waals surface area contributed by atoms with Gasteiger partial charge in [0.1, 0.15) is 0 Å². The van der Waals surface area contributed by atoms with Crippen molar-refractivity contribution in [3.05, 3.63) is 40.3 Å². The molecule has 2 amide bonds. The standard InChI is InChI=1S/C25H34N4O3/c1-18(2)17-29-24(31)21-10-6-5-9-20(21)22(26-29)25(32)28-15-11-19(12-16-28)23(30)27-13-7-3-4-8-14-27/h5-6,9-10,18-19H,3-4,7-8,11-17H2,1-2H3. The molecular formula is C25H34N4O3. The molecular weight excluding hydrogens is 404 g/mol. The minimum absolute atomic E-state index is 0.00301. The van der Waals surface area contributed by atoms with Crippen LogP contribution < -0.4 is 5.56 Å². The van der Waals surface area contributed by atoms with E-state index >= 15 is 0 Å². The molecule has 1 aromatic carbocycles. The number of nitrogens with zero attached hydrogens (tertiary/aromatic N) is 4. The fourth-order valence-corrected chi connectivity index (χ4v) is 4.89. The van der Waals surface area contributed by atoms with Gasteiger partial charge in [-0.2, -0.15) is 5.10 Å². The van der Waals surface area contributed by atoms with Crippen molar-refractivity contribution >= 4 is 22.6 Å². The van der Waals surface area contributed by atoms with Gasteiger partial charge in [-0.25, -0.2) is 4.68 Å². The molecule has 7 heteroatoms. The third-order valence-electron chi connectivity index (χ3n) is 6.66. The first-order valence-corrected chi connectivity index (χ1v) is 12.0. The third-order valence-corrected chi connectivity index (χ3v) is 6.66. The molecule has 7 nitrogen and oxygen atoms in total. The number of piperidine rings is 1. The van der Waals surface area contributed by atoms with Gasteiger partial charge in [-0.3, -0.25) is 14.4 Å². The van der Waals surface area contributed by atoms with Crippen LogP contribution in [-0.2, 0) is 11.3 Å². The van der Waals surface area contributed by atoms with Gasteiger partial charge in [-0.15, -0.1) is 0 Å². The van der Waals surface area contributed by atoms with Crippen molar-refractivity contribution in [1.29, 1.82) is 0 Å². The molecule has 0 bridgehead atoms. The maximum absolute atomic E-state index is 13.4. The Morgan fingerprint density at radius 3 is 2.19 bits per heavy atom. The Morgan fingerprint density at radius 2 is 1.56 bits per heavy atom. The molecule has 172 valence electrons. The molecule has 0 saturated carbocycles. The normalized spacial score (nSPS) is 18.2. The first-order chi connectivity index (χ1) is 15.5. The Labute approximate surface area is 189 Å². The van der Waals surface area contributed by atoms with Crippen LogP contribution >= 0.6 is 0 Å². The van der Waals surface area contributed by atoms with E-state index in [1.807, 2.05) is 30.9 Å². The summed E-state index contributed by atoms with van der Waals surface area (Å²) in [5.41, 5.74) is 0.172. The lowest BCUT2D eigenvalue weighted by molar-refractivity contribution is -0.136.